The maximum Gasteiger partial charge on any atom is 0.129 e. The van der Waals surface area contributed by atoms with Crippen LogP contribution in [0, 0.1) is 35.1 Å². The van der Waals surface area contributed by atoms with Gasteiger partial charge < -0.3 is 0 Å². The van der Waals surface area contributed by atoms with Crippen LogP contribution in [0.25, 0.3) is 0 Å². The van der Waals surface area contributed by atoms with Gasteiger partial charge in [-0.1, -0.05) is 61.7 Å². The van der Waals surface area contributed by atoms with Gasteiger partial charge in [-0.05, 0) is 42.2 Å². The first-order valence-electron chi connectivity index (χ1n) is 7.23. The van der Waals surface area contributed by atoms with E-state index in [-0.39, 0.29) is 0 Å². The van der Waals surface area contributed by atoms with Crippen LogP contribution in [0.15, 0.2) is 54.6 Å². The first kappa shape index (κ1) is 15.7. The van der Waals surface area contributed by atoms with Crippen LogP contribution in [0.3, 0.4) is 0 Å². The summed E-state index contributed by atoms with van der Waals surface area (Å²) in [6.45, 7) is 6.72. The van der Waals surface area contributed by atoms with E-state index in [4.69, 9.17) is 0 Å². The van der Waals surface area contributed by atoms with Crippen molar-refractivity contribution in [1.82, 2.24) is 0 Å². The van der Waals surface area contributed by atoms with Gasteiger partial charge in [0.05, 0.1) is 0 Å². The number of hydrogen-bond acceptors (Lipinski definition) is 0. The molecule has 0 fully saturated rings. The molecule has 0 nitrogen and oxygen atoms in total. The third kappa shape index (κ3) is 5.76. The molecule has 0 spiro atoms. The molecule has 22 heavy (non-hydrogen) atoms. The van der Waals surface area contributed by atoms with Gasteiger partial charge in [-0.25, -0.2) is 0 Å². The molecule has 2 rings (SSSR count). The topological polar surface area (TPSA) is 0 Å². The maximum atomic E-state index is 3.37. The maximum absolute atomic E-state index is 3.37. The first-order chi connectivity index (χ1) is 10.5. The second-order valence-corrected chi connectivity index (χ2v) is 10.7. The van der Waals surface area contributed by atoms with Crippen LogP contribution < -0.4 is 0 Å². The molecule has 0 saturated carbocycles. The summed E-state index contributed by atoms with van der Waals surface area (Å²) in [6, 6.07) is 17.9. The largest absolute Gasteiger partial charge is 0.129 e. The zero-order chi connectivity index (χ0) is 15.8. The molecule has 0 radical (unpaired) electrons. The fourth-order valence-corrected chi connectivity index (χ4v) is 2.18. The van der Waals surface area contributed by atoms with Gasteiger partial charge in [0, 0.05) is 16.7 Å². The van der Waals surface area contributed by atoms with E-state index in [0.29, 0.717) is 0 Å². The van der Waals surface area contributed by atoms with E-state index in [1.54, 1.807) is 0 Å². The lowest BCUT2D eigenvalue weighted by Gasteiger charge is -2.03. The highest BCUT2D eigenvalue weighted by Gasteiger charge is 2.07. The molecule has 0 unspecified atom stereocenters. The minimum atomic E-state index is -1.35. The van der Waals surface area contributed by atoms with Crippen molar-refractivity contribution in [3.05, 3.63) is 71.3 Å². The van der Waals surface area contributed by atoms with Crippen molar-refractivity contribution in [1.29, 1.82) is 0 Å². The highest BCUT2D eigenvalue weighted by Crippen LogP contribution is 2.04. The Morgan fingerprint density at radius 3 is 1.82 bits per heavy atom. The van der Waals surface area contributed by atoms with Crippen molar-refractivity contribution in [3.63, 3.8) is 0 Å². The van der Waals surface area contributed by atoms with Gasteiger partial charge in [-0.3, -0.25) is 0 Å². The molecule has 0 aliphatic rings. The Balaban J connectivity index is 2.13. The molecular weight excluding hydrogens is 280 g/mol. The van der Waals surface area contributed by atoms with Crippen molar-refractivity contribution in [2.45, 2.75) is 19.6 Å². The van der Waals surface area contributed by atoms with Crippen LogP contribution in [0.5, 0.6) is 0 Å². The number of hydrogen-bond donors (Lipinski definition) is 0. The van der Waals surface area contributed by atoms with Gasteiger partial charge in [0.25, 0.3) is 0 Å². The summed E-state index contributed by atoms with van der Waals surface area (Å²) >= 11 is 0. The smallest absolute Gasteiger partial charge is 0.127 e. The predicted molar refractivity (Wildman–Crippen MR) is 96.9 cm³/mol. The Bertz CT molecular complexity index is 820. The number of rotatable bonds is 0. The van der Waals surface area contributed by atoms with E-state index in [9.17, 15) is 0 Å². The molecule has 0 aromatic heterocycles. The Labute approximate surface area is 134 Å². The molecule has 0 aliphatic carbocycles. The summed E-state index contributed by atoms with van der Waals surface area (Å²) in [4.78, 5) is 0. The van der Waals surface area contributed by atoms with E-state index in [1.807, 2.05) is 54.6 Å². The first-order valence-corrected chi connectivity index (χ1v) is 10.7. The van der Waals surface area contributed by atoms with Gasteiger partial charge in [-0.2, -0.15) is 0 Å². The van der Waals surface area contributed by atoms with E-state index in [2.05, 4.69) is 54.8 Å². The van der Waals surface area contributed by atoms with Gasteiger partial charge in [0.2, 0.25) is 0 Å². The molecule has 0 bridgehead atoms. The zero-order valence-corrected chi connectivity index (χ0v) is 14.2. The van der Waals surface area contributed by atoms with Crippen molar-refractivity contribution in [3.8, 4) is 35.1 Å². The second-order valence-electron chi connectivity index (χ2n) is 5.95. The average Bonchev–Trinajstić information content (AvgIpc) is 2.50. The summed E-state index contributed by atoms with van der Waals surface area (Å²) in [5.41, 5.74) is 6.31. The van der Waals surface area contributed by atoms with Crippen molar-refractivity contribution < 1.29 is 0 Å². The Morgan fingerprint density at radius 2 is 1.18 bits per heavy atom. The van der Waals surface area contributed by atoms with Gasteiger partial charge in [-0.15, -0.1) is 5.54 Å². The SMILES string of the molecule is C[Si](C)(C)C#Cc1cccc(C#CC#Cc2ccccc2)c1. The highest BCUT2D eigenvalue weighted by molar-refractivity contribution is 6.83. The van der Waals surface area contributed by atoms with Crippen LogP contribution in [0.1, 0.15) is 16.7 Å². The summed E-state index contributed by atoms with van der Waals surface area (Å²) in [7, 11) is -1.35. The van der Waals surface area contributed by atoms with Gasteiger partial charge in [0.15, 0.2) is 0 Å². The van der Waals surface area contributed by atoms with Gasteiger partial charge in [0.1, 0.15) is 8.07 Å². The monoisotopic (exact) mass is 298 g/mol. The quantitative estimate of drug-likeness (QED) is 0.502. The van der Waals surface area contributed by atoms with Crippen LogP contribution in [0.4, 0.5) is 0 Å². The minimum Gasteiger partial charge on any atom is -0.127 e. The van der Waals surface area contributed by atoms with Crippen LogP contribution in [-0.2, 0) is 0 Å². The molecule has 2 aromatic rings. The summed E-state index contributed by atoms with van der Waals surface area (Å²) < 4.78 is 0. The zero-order valence-electron chi connectivity index (χ0n) is 13.2. The Morgan fingerprint density at radius 1 is 0.636 bits per heavy atom. The molecule has 1 heteroatoms. The molecular formula is C21H18Si. The van der Waals surface area contributed by atoms with Crippen LogP contribution in [-0.4, -0.2) is 8.07 Å². The van der Waals surface area contributed by atoms with E-state index in [1.165, 1.54) is 0 Å². The molecule has 0 aliphatic heterocycles. The molecule has 106 valence electrons. The number of benzene rings is 2. The molecule has 0 saturated heterocycles. The lowest BCUT2D eigenvalue weighted by Crippen LogP contribution is -2.16. The lowest BCUT2D eigenvalue weighted by atomic mass is 10.1. The van der Waals surface area contributed by atoms with Crippen molar-refractivity contribution in [2.75, 3.05) is 0 Å². The molecule has 0 heterocycles. The third-order valence-corrected chi connectivity index (χ3v) is 3.57. The molecule has 2 aromatic carbocycles. The summed E-state index contributed by atoms with van der Waals surface area (Å²) in [6.07, 6.45) is 0. The standard InChI is InChI=1S/C21H18Si/c1-22(2,3)17-16-21-15-9-14-20(18-21)13-8-7-12-19-10-5-4-6-11-19/h4-6,9-11,14-15,18H,1-3H3. The van der Waals surface area contributed by atoms with Crippen LogP contribution >= 0.6 is 0 Å². The van der Waals surface area contributed by atoms with Crippen molar-refractivity contribution >= 4 is 8.07 Å². The molecule has 0 amide bonds. The fourth-order valence-electron chi connectivity index (χ4n) is 1.66. The summed E-state index contributed by atoms with van der Waals surface area (Å²) in [5, 5.41) is 0. The minimum absolute atomic E-state index is 0.949. The molecule has 0 atom stereocenters. The van der Waals surface area contributed by atoms with Crippen LogP contribution in [0.2, 0.25) is 19.6 Å². The van der Waals surface area contributed by atoms with Crippen molar-refractivity contribution in [2.24, 2.45) is 0 Å². The van der Waals surface area contributed by atoms with E-state index in [0.717, 1.165) is 16.7 Å². The van der Waals surface area contributed by atoms with Gasteiger partial charge >= 0.3 is 0 Å². The normalized spacial score (nSPS) is 9.41. The highest BCUT2D eigenvalue weighted by atomic mass is 28.3. The summed E-state index contributed by atoms with van der Waals surface area (Å²) in [5.74, 6) is 15.1. The van der Waals surface area contributed by atoms with E-state index >= 15 is 0 Å². The Hall–Kier alpha value is -2.66. The molecule has 0 N–H and O–H groups in total. The average molecular weight is 298 g/mol. The fraction of sp³-hybridized carbons (Fsp3) is 0.143. The second kappa shape index (κ2) is 7.38. The third-order valence-electron chi connectivity index (χ3n) is 2.69. The Kier molecular flexibility index (Phi) is 5.27. The lowest BCUT2D eigenvalue weighted by molar-refractivity contribution is 1.60. The van der Waals surface area contributed by atoms with E-state index < -0.39 is 8.07 Å². The predicted octanol–water partition coefficient (Wildman–Crippen LogP) is 4.32.